The van der Waals surface area contributed by atoms with E-state index in [2.05, 4.69) is 26.2 Å². The van der Waals surface area contributed by atoms with Crippen molar-refractivity contribution in [3.05, 3.63) is 26.8 Å². The number of hydrogen-bond donors (Lipinski definition) is 1. The zero-order valence-electron chi connectivity index (χ0n) is 12.7. The van der Waals surface area contributed by atoms with Crippen molar-refractivity contribution in [1.29, 1.82) is 0 Å². The molecule has 0 aromatic carbocycles. The van der Waals surface area contributed by atoms with Crippen LogP contribution in [0.5, 0.6) is 0 Å². The van der Waals surface area contributed by atoms with Crippen molar-refractivity contribution in [1.82, 2.24) is 14.9 Å². The first kappa shape index (κ1) is 17.6. The highest BCUT2D eigenvalue weighted by Gasteiger charge is 2.30. The fourth-order valence-corrected chi connectivity index (χ4v) is 4.23. The van der Waals surface area contributed by atoms with Crippen LogP contribution in [0.2, 0.25) is 0 Å². The normalized spacial score (nSPS) is 24.2. The van der Waals surface area contributed by atoms with Gasteiger partial charge in [-0.05, 0) is 29.3 Å². The molecule has 1 aromatic rings. The van der Waals surface area contributed by atoms with Crippen LogP contribution in [-0.4, -0.2) is 43.4 Å². The zero-order chi connectivity index (χ0) is 16.5. The molecule has 1 aromatic heterocycles. The van der Waals surface area contributed by atoms with Gasteiger partial charge in [-0.2, -0.15) is 0 Å². The molecule has 0 radical (unpaired) electrons. The van der Waals surface area contributed by atoms with E-state index in [1.165, 1.54) is 10.8 Å². The highest BCUT2D eigenvalue weighted by molar-refractivity contribution is 9.10. The van der Waals surface area contributed by atoms with Crippen LogP contribution in [0.15, 0.2) is 15.6 Å². The van der Waals surface area contributed by atoms with E-state index < -0.39 is 26.9 Å². The molecule has 9 heteroatoms. The summed E-state index contributed by atoms with van der Waals surface area (Å²) in [5.74, 6) is 0. The van der Waals surface area contributed by atoms with E-state index in [1.807, 2.05) is 6.92 Å². The summed E-state index contributed by atoms with van der Waals surface area (Å²) >= 11 is 3.26. The van der Waals surface area contributed by atoms with Crippen molar-refractivity contribution in [2.24, 2.45) is 0 Å². The van der Waals surface area contributed by atoms with E-state index in [9.17, 15) is 13.2 Å². The Morgan fingerprint density at radius 2 is 2.27 bits per heavy atom. The lowest BCUT2D eigenvalue weighted by Crippen LogP contribution is -2.45. The lowest BCUT2D eigenvalue weighted by molar-refractivity contribution is -0.00415. The Hall–Kier alpha value is -0.770. The second-order valence-electron chi connectivity index (χ2n) is 5.39. The molecule has 1 aliphatic heterocycles. The van der Waals surface area contributed by atoms with Gasteiger partial charge in [-0.3, -0.25) is 9.36 Å². The van der Waals surface area contributed by atoms with Crippen LogP contribution in [-0.2, 0) is 14.6 Å². The summed E-state index contributed by atoms with van der Waals surface area (Å²) in [4.78, 5) is 17.0. The Kier molecular flexibility index (Phi) is 5.41. The molecule has 2 heterocycles. The van der Waals surface area contributed by atoms with Crippen LogP contribution in [0, 0.1) is 0 Å². The van der Waals surface area contributed by atoms with Gasteiger partial charge in [0.25, 0.3) is 5.56 Å². The first-order valence-corrected chi connectivity index (χ1v) is 9.83. The van der Waals surface area contributed by atoms with E-state index in [0.717, 1.165) is 6.26 Å². The number of hydrogen-bond acceptors (Lipinski definition) is 6. The maximum atomic E-state index is 12.7. The van der Waals surface area contributed by atoms with Gasteiger partial charge < -0.3 is 10.1 Å². The van der Waals surface area contributed by atoms with Crippen LogP contribution in [0.3, 0.4) is 0 Å². The van der Waals surface area contributed by atoms with Crippen molar-refractivity contribution < 1.29 is 13.2 Å². The Labute approximate surface area is 138 Å². The third kappa shape index (κ3) is 3.58. The van der Waals surface area contributed by atoms with E-state index in [0.29, 0.717) is 24.2 Å². The van der Waals surface area contributed by atoms with Gasteiger partial charge in [-0.1, -0.05) is 6.92 Å². The predicted octanol–water partition coefficient (Wildman–Crippen LogP) is 1.01. The standard InChI is InChI=1S/C13H20BrN3O4S/c1-4-10(22(3,19)20)17-7-9(14)16-11(13(17)18)12-8(2)15-5-6-21-12/h7-8,10,12,15H,4-6H2,1-3H3/t8?,10?,12-/m1/s1. The highest BCUT2D eigenvalue weighted by Crippen LogP contribution is 2.23. The molecule has 7 nitrogen and oxygen atoms in total. The number of nitrogens with zero attached hydrogens (tertiary/aromatic N) is 2. The number of rotatable bonds is 4. The molecule has 0 spiro atoms. The van der Waals surface area contributed by atoms with Gasteiger partial charge in [0.15, 0.2) is 9.84 Å². The highest BCUT2D eigenvalue weighted by atomic mass is 79.9. The number of aromatic nitrogens is 2. The first-order chi connectivity index (χ1) is 10.3. The monoisotopic (exact) mass is 393 g/mol. The number of sulfone groups is 1. The molecule has 1 saturated heterocycles. The van der Waals surface area contributed by atoms with Crippen molar-refractivity contribution in [2.75, 3.05) is 19.4 Å². The van der Waals surface area contributed by atoms with Crippen LogP contribution < -0.4 is 10.9 Å². The average molecular weight is 394 g/mol. The molecule has 3 atom stereocenters. The number of morpholine rings is 1. The minimum Gasteiger partial charge on any atom is -0.369 e. The van der Waals surface area contributed by atoms with Crippen molar-refractivity contribution in [3.8, 4) is 0 Å². The molecule has 1 N–H and O–H groups in total. The molecule has 2 rings (SSSR count). The van der Waals surface area contributed by atoms with Gasteiger partial charge >= 0.3 is 0 Å². The van der Waals surface area contributed by atoms with Gasteiger partial charge in [-0.15, -0.1) is 0 Å². The second kappa shape index (κ2) is 6.77. The van der Waals surface area contributed by atoms with E-state index in [1.54, 1.807) is 6.92 Å². The summed E-state index contributed by atoms with van der Waals surface area (Å²) in [6.45, 7) is 4.82. The molecule has 0 aliphatic carbocycles. The third-order valence-corrected chi connectivity index (χ3v) is 5.60. The molecule has 0 bridgehead atoms. The Balaban J connectivity index is 2.57. The molecule has 2 unspecified atom stereocenters. The Morgan fingerprint density at radius 1 is 1.59 bits per heavy atom. The van der Waals surface area contributed by atoms with Crippen LogP contribution in [0.1, 0.15) is 37.4 Å². The minimum absolute atomic E-state index is 0.0741. The molecular formula is C13H20BrN3O4S. The summed E-state index contributed by atoms with van der Waals surface area (Å²) < 4.78 is 31.2. The van der Waals surface area contributed by atoms with Gasteiger partial charge in [0.2, 0.25) is 0 Å². The minimum atomic E-state index is -3.41. The molecule has 1 fully saturated rings. The maximum Gasteiger partial charge on any atom is 0.276 e. The lowest BCUT2D eigenvalue weighted by atomic mass is 10.1. The quantitative estimate of drug-likeness (QED) is 0.820. The molecule has 124 valence electrons. The van der Waals surface area contributed by atoms with Crippen LogP contribution in [0.4, 0.5) is 0 Å². The summed E-state index contributed by atoms with van der Waals surface area (Å²) in [7, 11) is -3.41. The molecule has 1 aliphatic rings. The maximum absolute atomic E-state index is 12.7. The molecule has 0 saturated carbocycles. The fraction of sp³-hybridized carbons (Fsp3) is 0.692. The first-order valence-electron chi connectivity index (χ1n) is 7.08. The smallest absolute Gasteiger partial charge is 0.276 e. The Morgan fingerprint density at radius 3 is 2.82 bits per heavy atom. The summed E-state index contributed by atoms with van der Waals surface area (Å²) in [5, 5.41) is 2.31. The summed E-state index contributed by atoms with van der Waals surface area (Å²) in [5.41, 5.74) is -0.211. The van der Waals surface area contributed by atoms with Gasteiger partial charge in [0.1, 0.15) is 21.8 Å². The molecular weight excluding hydrogens is 374 g/mol. The van der Waals surface area contributed by atoms with Crippen LogP contribution >= 0.6 is 15.9 Å². The predicted molar refractivity (Wildman–Crippen MR) is 86.5 cm³/mol. The van der Waals surface area contributed by atoms with Gasteiger partial charge in [-0.25, -0.2) is 13.4 Å². The van der Waals surface area contributed by atoms with E-state index in [4.69, 9.17) is 4.74 Å². The molecule has 0 amide bonds. The van der Waals surface area contributed by atoms with Crippen molar-refractivity contribution >= 4 is 25.8 Å². The Bertz CT molecular complexity index is 704. The van der Waals surface area contributed by atoms with Gasteiger partial charge in [0, 0.05) is 25.0 Å². The number of ether oxygens (including phenoxy) is 1. The van der Waals surface area contributed by atoms with Crippen molar-refractivity contribution in [2.45, 2.75) is 37.8 Å². The topological polar surface area (TPSA) is 90.3 Å². The second-order valence-corrected chi connectivity index (χ2v) is 8.40. The molecule has 22 heavy (non-hydrogen) atoms. The largest absolute Gasteiger partial charge is 0.369 e. The number of halogens is 1. The van der Waals surface area contributed by atoms with Gasteiger partial charge in [0.05, 0.1) is 6.61 Å². The lowest BCUT2D eigenvalue weighted by Gasteiger charge is -2.30. The van der Waals surface area contributed by atoms with Crippen molar-refractivity contribution in [3.63, 3.8) is 0 Å². The van der Waals surface area contributed by atoms with E-state index >= 15 is 0 Å². The average Bonchev–Trinajstić information content (AvgIpc) is 2.42. The fourth-order valence-electron chi connectivity index (χ4n) is 2.64. The van der Waals surface area contributed by atoms with Crippen LogP contribution in [0.25, 0.3) is 0 Å². The third-order valence-electron chi connectivity index (χ3n) is 3.67. The summed E-state index contributed by atoms with van der Waals surface area (Å²) in [6, 6.07) is -0.0741. The number of nitrogens with one attached hydrogen (secondary N) is 1. The summed E-state index contributed by atoms with van der Waals surface area (Å²) in [6.07, 6.45) is 2.35. The zero-order valence-corrected chi connectivity index (χ0v) is 15.1. The van der Waals surface area contributed by atoms with E-state index in [-0.39, 0.29) is 11.7 Å². The SMILES string of the molecule is CCC(n1cc(Br)nc([C@@H]2OCCNC2C)c1=O)S(C)(=O)=O.